The van der Waals surface area contributed by atoms with Crippen LogP contribution >= 0.6 is 0 Å². The van der Waals surface area contributed by atoms with Gasteiger partial charge in [-0.15, -0.1) is 6.58 Å². The minimum Gasteiger partial charge on any atom is -0.447 e. The van der Waals surface area contributed by atoms with Gasteiger partial charge >= 0.3 is 16.3 Å². The standard InChI is InChI=1S/C45H70FN7O10S/c1-4-32-26-45(32,40(57)50-64(59,60)51-20-8-9-21-51)48-37(54)34-27-44(42(2,3)43(44)17-11-18-43)29-53(34)39(56)36(31-15-23-61-24-16-31)47-38(55)35(30-12-6-5-7-13-30)49-63-28-33-14-10-22-52(33)41(58)62-25-19-46/h4,30-36,49H,1,5-29H2,2-3H3,(H,47,55)(H,48,54)(H,50,57)/t32-,33+,34+,35?,36+,44-,45-/m1/s1. The van der Waals surface area contributed by atoms with Crippen molar-refractivity contribution in [3.05, 3.63) is 12.7 Å². The molecular weight excluding hydrogens is 850 g/mol. The van der Waals surface area contributed by atoms with Crippen molar-refractivity contribution < 1.29 is 51.1 Å². The van der Waals surface area contributed by atoms with Crippen LogP contribution in [0.25, 0.3) is 0 Å². The number of amides is 5. The zero-order valence-electron chi connectivity index (χ0n) is 37.7. The highest BCUT2D eigenvalue weighted by Gasteiger charge is 2.85. The third-order valence-electron chi connectivity index (χ3n) is 17.2. The second-order valence-electron chi connectivity index (χ2n) is 20.4. The van der Waals surface area contributed by atoms with E-state index >= 15 is 4.79 Å². The van der Waals surface area contributed by atoms with E-state index in [-0.39, 0.29) is 65.6 Å². The van der Waals surface area contributed by atoms with Gasteiger partial charge in [0.2, 0.25) is 17.7 Å². The summed E-state index contributed by atoms with van der Waals surface area (Å²) in [7, 11) is -4.13. The molecule has 358 valence electrons. The van der Waals surface area contributed by atoms with Crippen LogP contribution in [-0.4, -0.2) is 141 Å². The largest absolute Gasteiger partial charge is 0.447 e. The Labute approximate surface area is 377 Å². The fourth-order valence-electron chi connectivity index (χ4n) is 13.0. The first-order chi connectivity index (χ1) is 30.6. The van der Waals surface area contributed by atoms with E-state index in [4.69, 9.17) is 14.3 Å². The van der Waals surface area contributed by atoms with E-state index < -0.39 is 64.4 Å². The molecule has 0 aromatic carbocycles. The van der Waals surface area contributed by atoms with Gasteiger partial charge in [-0.25, -0.2) is 13.9 Å². The summed E-state index contributed by atoms with van der Waals surface area (Å²) in [5.74, 6) is -2.97. The number of nitrogens with zero attached hydrogens (tertiary/aromatic N) is 3. The maximum absolute atomic E-state index is 15.5. The highest BCUT2D eigenvalue weighted by molar-refractivity contribution is 7.87. The topological polar surface area (TPSA) is 205 Å². The Bertz CT molecular complexity index is 1900. The molecule has 64 heavy (non-hydrogen) atoms. The maximum atomic E-state index is 15.5. The van der Waals surface area contributed by atoms with Gasteiger partial charge in [-0.3, -0.25) is 24.0 Å². The molecule has 8 rings (SSSR count). The number of hydroxylamine groups is 1. The molecule has 8 aliphatic rings. The Balaban J connectivity index is 1.03. The van der Waals surface area contributed by atoms with Crippen LogP contribution in [0.1, 0.15) is 117 Å². The van der Waals surface area contributed by atoms with Crippen LogP contribution in [-0.2, 0) is 43.7 Å². The molecule has 1 unspecified atom stereocenters. The second-order valence-corrected chi connectivity index (χ2v) is 22.1. The van der Waals surface area contributed by atoms with Gasteiger partial charge in [0.15, 0.2) is 0 Å². The molecule has 4 N–H and O–H groups in total. The first-order valence-corrected chi connectivity index (χ1v) is 25.4. The minimum absolute atomic E-state index is 0.0424. The highest BCUT2D eigenvalue weighted by atomic mass is 32.2. The van der Waals surface area contributed by atoms with Gasteiger partial charge in [0.25, 0.3) is 5.91 Å². The smallest absolute Gasteiger partial charge is 0.410 e. The van der Waals surface area contributed by atoms with Gasteiger partial charge in [-0.1, -0.05) is 45.6 Å². The van der Waals surface area contributed by atoms with Crippen molar-refractivity contribution in [2.45, 2.75) is 146 Å². The molecule has 0 aromatic heterocycles. The summed E-state index contributed by atoms with van der Waals surface area (Å²) >= 11 is 0. The van der Waals surface area contributed by atoms with Gasteiger partial charge < -0.3 is 29.9 Å². The molecule has 7 atom stereocenters. The lowest BCUT2D eigenvalue weighted by atomic mass is 9.73. The van der Waals surface area contributed by atoms with Crippen LogP contribution in [0.3, 0.4) is 0 Å². The number of halogens is 1. The quantitative estimate of drug-likeness (QED) is 0.123. The molecule has 4 aliphatic heterocycles. The van der Waals surface area contributed by atoms with Crippen molar-refractivity contribution in [2.24, 2.45) is 34.0 Å². The Hall–Kier alpha value is -3.39. The molecule has 4 saturated heterocycles. The number of rotatable bonds is 17. The van der Waals surface area contributed by atoms with E-state index in [1.807, 2.05) is 0 Å². The number of carbonyl (C=O) groups excluding carboxylic acids is 5. The molecule has 4 saturated carbocycles. The summed E-state index contributed by atoms with van der Waals surface area (Å²) in [4.78, 5) is 80.8. The van der Waals surface area contributed by atoms with Gasteiger partial charge in [-0.05, 0) is 99.7 Å². The SMILES string of the molecule is C=C[C@@H]1C[C@]1(NC(=O)[C@@H]1C[C@@]2(CN1C(=O)[C@@H](NC(=O)C(NOC[C@@H]1CCCN1C(=O)OCCF)C1CCCCC1)C1CCOCC1)C(C)(C)C21CCC1)C(=O)NS(=O)(=O)N1CCCC1. The van der Waals surface area contributed by atoms with Gasteiger partial charge in [-0.2, -0.15) is 18.2 Å². The number of hydrogen-bond donors (Lipinski definition) is 4. The van der Waals surface area contributed by atoms with Crippen molar-refractivity contribution in [1.82, 2.24) is 34.9 Å². The lowest BCUT2D eigenvalue weighted by molar-refractivity contribution is -0.145. The van der Waals surface area contributed by atoms with Crippen molar-refractivity contribution in [1.29, 1.82) is 0 Å². The molecule has 8 fully saturated rings. The van der Waals surface area contributed by atoms with E-state index in [0.29, 0.717) is 77.9 Å². The number of likely N-dealkylation sites (tertiary alicyclic amines) is 2. The van der Waals surface area contributed by atoms with E-state index in [1.165, 1.54) is 9.21 Å². The predicted octanol–water partition coefficient (Wildman–Crippen LogP) is 3.25. The van der Waals surface area contributed by atoms with Crippen LogP contribution in [0, 0.1) is 34.0 Å². The third kappa shape index (κ3) is 8.46. The second kappa shape index (κ2) is 18.7. The maximum Gasteiger partial charge on any atom is 0.410 e. The normalized spacial score (nSPS) is 32.1. The van der Waals surface area contributed by atoms with Crippen molar-refractivity contribution in [3.63, 3.8) is 0 Å². The Morgan fingerprint density at radius 2 is 1.56 bits per heavy atom. The van der Waals surface area contributed by atoms with E-state index in [2.05, 4.69) is 41.3 Å². The number of nitrogens with one attached hydrogen (secondary N) is 4. The number of hydrogen-bond acceptors (Lipinski definition) is 11. The average molecular weight is 920 g/mol. The van der Waals surface area contributed by atoms with Crippen LogP contribution in [0.4, 0.5) is 9.18 Å². The average Bonchev–Trinajstić information content (AvgIpc) is 3.66. The molecule has 0 aromatic rings. The summed E-state index contributed by atoms with van der Waals surface area (Å²) in [5.41, 5.74) is 0.942. The minimum atomic E-state index is -4.13. The fraction of sp³-hybridized carbons (Fsp3) is 0.844. The van der Waals surface area contributed by atoms with Crippen LogP contribution in [0.5, 0.6) is 0 Å². The highest BCUT2D eigenvalue weighted by Crippen LogP contribution is 2.88. The third-order valence-corrected chi connectivity index (χ3v) is 18.7. The summed E-state index contributed by atoms with van der Waals surface area (Å²) in [6, 6.07) is -3.10. The first kappa shape index (κ1) is 47.1. The van der Waals surface area contributed by atoms with Crippen molar-refractivity contribution in [3.8, 4) is 0 Å². The summed E-state index contributed by atoms with van der Waals surface area (Å²) in [5, 5.41) is 6.15. The Morgan fingerprint density at radius 3 is 2.19 bits per heavy atom. The number of fused-ring (bicyclic) bond motifs is 1. The molecule has 2 spiro atoms. The predicted molar refractivity (Wildman–Crippen MR) is 232 cm³/mol. The summed E-state index contributed by atoms with van der Waals surface area (Å²) in [6.45, 7) is 9.52. The van der Waals surface area contributed by atoms with Crippen molar-refractivity contribution in [2.75, 3.05) is 59.3 Å². The van der Waals surface area contributed by atoms with Crippen LogP contribution in [0.15, 0.2) is 12.7 Å². The zero-order chi connectivity index (χ0) is 45.5. The lowest BCUT2D eigenvalue weighted by Crippen LogP contribution is -2.61. The Morgan fingerprint density at radius 1 is 0.859 bits per heavy atom. The van der Waals surface area contributed by atoms with E-state index in [0.717, 1.165) is 57.8 Å². The summed E-state index contributed by atoms with van der Waals surface area (Å²) in [6.07, 6.45) is 12.9. The fourth-order valence-corrected chi connectivity index (χ4v) is 14.3. The lowest BCUT2D eigenvalue weighted by Gasteiger charge is -2.37. The number of alkyl halides is 1. The van der Waals surface area contributed by atoms with E-state index in [9.17, 15) is 32.0 Å². The van der Waals surface area contributed by atoms with Gasteiger partial charge in [0, 0.05) is 50.7 Å². The molecule has 4 heterocycles. The molecule has 4 aliphatic carbocycles. The van der Waals surface area contributed by atoms with Crippen LogP contribution in [0.2, 0.25) is 0 Å². The molecule has 17 nitrogen and oxygen atoms in total. The zero-order valence-corrected chi connectivity index (χ0v) is 38.5. The van der Waals surface area contributed by atoms with Crippen LogP contribution < -0.4 is 20.8 Å². The molecule has 5 amide bonds. The molecule has 0 bridgehead atoms. The molecular formula is C45H70FN7O10S. The molecule has 19 heteroatoms. The monoisotopic (exact) mass is 919 g/mol. The molecule has 0 radical (unpaired) electrons. The first-order valence-electron chi connectivity index (χ1n) is 24.0. The van der Waals surface area contributed by atoms with Gasteiger partial charge in [0.05, 0.1) is 12.6 Å². The Kier molecular flexibility index (Phi) is 13.8. The van der Waals surface area contributed by atoms with E-state index in [1.54, 1.807) is 11.0 Å². The summed E-state index contributed by atoms with van der Waals surface area (Å²) < 4.78 is 53.5. The van der Waals surface area contributed by atoms with Gasteiger partial charge in [0.1, 0.15) is 36.9 Å². The van der Waals surface area contributed by atoms with Crippen molar-refractivity contribution >= 4 is 39.9 Å². The number of ether oxygens (including phenoxy) is 2. The number of carbonyl (C=O) groups is 5.